The molecule has 0 unspecified atom stereocenters. The SMILES string of the molecule is CO[NH2+]c1cnc(-c2ccc(-c3ccc(N(C)C4CC(C)(C)NC(C)(C)C4)nn3)c(O)c2)[nH]1. The molecular weight excluding hydrogens is 418 g/mol. The van der Waals surface area contributed by atoms with Crippen LogP contribution in [0, 0.1) is 0 Å². The first-order valence-electron chi connectivity index (χ1n) is 11.2. The molecule has 1 fully saturated rings. The molecule has 0 saturated carbocycles. The van der Waals surface area contributed by atoms with E-state index in [-0.39, 0.29) is 16.8 Å². The van der Waals surface area contributed by atoms with Crippen LogP contribution in [0.2, 0.25) is 0 Å². The molecule has 0 radical (unpaired) electrons. The summed E-state index contributed by atoms with van der Waals surface area (Å²) in [6, 6.07) is 9.63. The molecule has 0 spiro atoms. The Balaban J connectivity index is 1.52. The number of piperidine rings is 1. The number of nitrogens with zero attached hydrogens (tertiary/aromatic N) is 4. The van der Waals surface area contributed by atoms with Gasteiger partial charge in [0.05, 0.1) is 12.8 Å². The van der Waals surface area contributed by atoms with Crippen molar-refractivity contribution in [2.75, 3.05) is 19.1 Å². The second-order valence-electron chi connectivity index (χ2n) is 10.1. The van der Waals surface area contributed by atoms with E-state index in [9.17, 15) is 5.11 Å². The number of anilines is 1. The van der Waals surface area contributed by atoms with Crippen LogP contribution < -0.4 is 15.7 Å². The Morgan fingerprint density at radius 2 is 1.82 bits per heavy atom. The van der Waals surface area contributed by atoms with Gasteiger partial charge in [0.1, 0.15) is 17.8 Å². The minimum atomic E-state index is 0.0535. The van der Waals surface area contributed by atoms with Gasteiger partial charge in [0.25, 0.3) is 5.82 Å². The third-order valence-corrected chi connectivity index (χ3v) is 6.12. The Hall–Kier alpha value is -3.01. The molecule has 1 saturated heterocycles. The molecule has 2 aromatic heterocycles. The van der Waals surface area contributed by atoms with Gasteiger partial charge >= 0.3 is 0 Å². The Kier molecular flexibility index (Phi) is 6.13. The van der Waals surface area contributed by atoms with Gasteiger partial charge in [-0.25, -0.2) is 9.82 Å². The van der Waals surface area contributed by atoms with Crippen LogP contribution in [-0.4, -0.2) is 56.5 Å². The van der Waals surface area contributed by atoms with E-state index in [1.54, 1.807) is 24.9 Å². The van der Waals surface area contributed by atoms with Crippen LogP contribution in [0.4, 0.5) is 11.6 Å². The number of nitrogens with one attached hydrogen (secondary N) is 2. The summed E-state index contributed by atoms with van der Waals surface area (Å²) in [6.45, 7) is 8.98. The number of quaternary nitrogens is 1. The zero-order valence-corrected chi connectivity index (χ0v) is 20.2. The van der Waals surface area contributed by atoms with Crippen molar-refractivity contribution in [2.24, 2.45) is 0 Å². The lowest BCUT2D eigenvalue weighted by atomic mass is 9.79. The molecular formula is C24H34N7O2+. The molecule has 1 aliphatic heterocycles. The third kappa shape index (κ3) is 5.16. The first-order chi connectivity index (χ1) is 15.6. The van der Waals surface area contributed by atoms with E-state index in [1.165, 1.54) is 0 Å². The zero-order valence-electron chi connectivity index (χ0n) is 20.2. The third-order valence-electron chi connectivity index (χ3n) is 6.12. The fourth-order valence-electron chi connectivity index (χ4n) is 4.95. The highest BCUT2D eigenvalue weighted by atomic mass is 16.6. The van der Waals surface area contributed by atoms with Crippen molar-refractivity contribution in [1.29, 1.82) is 0 Å². The van der Waals surface area contributed by atoms with Gasteiger partial charge in [-0.3, -0.25) is 4.98 Å². The van der Waals surface area contributed by atoms with E-state index in [2.05, 4.69) is 65.1 Å². The van der Waals surface area contributed by atoms with Crippen molar-refractivity contribution in [3.8, 4) is 28.4 Å². The van der Waals surface area contributed by atoms with Crippen molar-refractivity contribution >= 4 is 11.6 Å². The van der Waals surface area contributed by atoms with Crippen molar-refractivity contribution in [2.45, 2.75) is 57.7 Å². The maximum absolute atomic E-state index is 10.7. The van der Waals surface area contributed by atoms with E-state index in [1.807, 2.05) is 24.3 Å². The Morgan fingerprint density at radius 3 is 2.42 bits per heavy atom. The van der Waals surface area contributed by atoms with Gasteiger partial charge in [-0.05, 0) is 64.8 Å². The highest BCUT2D eigenvalue weighted by molar-refractivity contribution is 5.72. The Morgan fingerprint density at radius 1 is 1.09 bits per heavy atom. The number of phenols is 1. The van der Waals surface area contributed by atoms with Crippen molar-refractivity contribution in [3.05, 3.63) is 36.5 Å². The van der Waals surface area contributed by atoms with Gasteiger partial charge < -0.3 is 15.3 Å². The van der Waals surface area contributed by atoms with Crippen LogP contribution in [0.3, 0.4) is 0 Å². The number of aromatic hydroxyl groups is 1. The molecule has 9 nitrogen and oxygen atoms in total. The van der Waals surface area contributed by atoms with Crippen LogP contribution in [-0.2, 0) is 4.84 Å². The lowest BCUT2D eigenvalue weighted by Gasteiger charge is -2.49. The maximum atomic E-state index is 10.7. The molecule has 4 rings (SSSR count). The first-order valence-corrected chi connectivity index (χ1v) is 11.2. The average Bonchev–Trinajstić information content (AvgIpc) is 3.20. The van der Waals surface area contributed by atoms with Gasteiger partial charge in [-0.2, -0.15) is 5.48 Å². The van der Waals surface area contributed by atoms with E-state index in [0.29, 0.717) is 23.1 Å². The maximum Gasteiger partial charge on any atom is 0.255 e. The van der Waals surface area contributed by atoms with Gasteiger partial charge in [0, 0.05) is 35.3 Å². The van der Waals surface area contributed by atoms with E-state index >= 15 is 0 Å². The molecule has 1 aromatic carbocycles. The molecule has 3 heterocycles. The molecule has 3 aromatic rings. The fourth-order valence-corrected chi connectivity index (χ4v) is 4.95. The summed E-state index contributed by atoms with van der Waals surface area (Å²) in [5.41, 5.74) is 3.70. The van der Waals surface area contributed by atoms with Gasteiger partial charge in [0.15, 0.2) is 5.82 Å². The topological polar surface area (TPSA) is 116 Å². The number of phenolic OH excluding ortho intramolecular Hbond substituents is 1. The number of H-pyrrole nitrogens is 1. The fraction of sp³-hybridized carbons (Fsp3) is 0.458. The minimum absolute atomic E-state index is 0.0535. The zero-order chi connectivity index (χ0) is 23.8. The summed E-state index contributed by atoms with van der Waals surface area (Å²) in [4.78, 5) is 14.7. The molecule has 0 bridgehead atoms. The van der Waals surface area contributed by atoms with Crippen LogP contribution >= 0.6 is 0 Å². The molecule has 0 aliphatic carbocycles. The highest BCUT2D eigenvalue weighted by Crippen LogP contribution is 2.34. The Labute approximate surface area is 194 Å². The normalized spacial score (nSPS) is 17.8. The lowest BCUT2D eigenvalue weighted by Crippen LogP contribution is -2.76. The summed E-state index contributed by atoms with van der Waals surface area (Å²) in [6.07, 6.45) is 3.72. The van der Waals surface area contributed by atoms with Crippen molar-refractivity contribution in [3.63, 3.8) is 0 Å². The quantitative estimate of drug-likeness (QED) is 0.425. The average molecular weight is 453 g/mol. The molecule has 1 aliphatic rings. The van der Waals surface area contributed by atoms with Crippen molar-refractivity contribution < 1.29 is 15.4 Å². The number of imidazole rings is 1. The van der Waals surface area contributed by atoms with Crippen LogP contribution in [0.1, 0.15) is 40.5 Å². The number of nitrogens with two attached hydrogens (primary N) is 1. The smallest absolute Gasteiger partial charge is 0.255 e. The predicted octanol–water partition coefficient (Wildman–Crippen LogP) is 2.74. The van der Waals surface area contributed by atoms with E-state index in [0.717, 1.165) is 30.0 Å². The van der Waals surface area contributed by atoms with Crippen LogP contribution in [0.25, 0.3) is 22.6 Å². The van der Waals surface area contributed by atoms with Crippen LogP contribution in [0.15, 0.2) is 36.5 Å². The number of benzene rings is 1. The van der Waals surface area contributed by atoms with Crippen LogP contribution in [0.5, 0.6) is 5.75 Å². The monoisotopic (exact) mass is 452 g/mol. The van der Waals surface area contributed by atoms with Crippen molar-refractivity contribution in [1.82, 2.24) is 25.5 Å². The summed E-state index contributed by atoms with van der Waals surface area (Å²) in [5, 5.41) is 23.3. The van der Waals surface area contributed by atoms with Gasteiger partial charge in [0.2, 0.25) is 0 Å². The standard InChI is InChI=1S/C24H33N7O2/c1-23(2)12-16(13-24(3,4)30-23)31(5)21-10-9-18(27-28-21)17-8-7-15(11-19(17)32)22-25-14-20(26-22)29-33-6/h7-11,14,16,29-30,32H,12-13H2,1-6H3,(H,25,26)/p+1. The highest BCUT2D eigenvalue weighted by Gasteiger charge is 2.39. The number of aromatic nitrogens is 4. The molecule has 0 atom stereocenters. The summed E-state index contributed by atoms with van der Waals surface area (Å²) in [5.74, 6) is 2.35. The predicted molar refractivity (Wildman–Crippen MR) is 128 cm³/mol. The molecule has 0 amide bonds. The summed E-state index contributed by atoms with van der Waals surface area (Å²) in [7, 11) is 3.66. The van der Waals surface area contributed by atoms with Gasteiger partial charge in [-0.15, -0.1) is 10.2 Å². The molecule has 176 valence electrons. The second kappa shape index (κ2) is 8.74. The number of aromatic amines is 1. The second-order valence-corrected chi connectivity index (χ2v) is 10.1. The molecule has 33 heavy (non-hydrogen) atoms. The first kappa shape index (κ1) is 23.2. The molecule has 5 N–H and O–H groups in total. The van der Waals surface area contributed by atoms with E-state index < -0.39 is 0 Å². The minimum Gasteiger partial charge on any atom is -0.507 e. The molecule has 9 heteroatoms. The lowest BCUT2D eigenvalue weighted by molar-refractivity contribution is -0.832. The number of hydrogen-bond donors (Lipinski definition) is 4. The van der Waals surface area contributed by atoms with E-state index in [4.69, 9.17) is 4.84 Å². The number of hydrogen-bond acceptors (Lipinski definition) is 7. The largest absolute Gasteiger partial charge is 0.507 e. The van der Waals surface area contributed by atoms with Gasteiger partial charge in [-0.1, -0.05) is 6.07 Å². The Bertz CT molecular complexity index is 1090. The number of rotatable bonds is 6. The summed E-state index contributed by atoms with van der Waals surface area (Å²) < 4.78 is 0. The summed E-state index contributed by atoms with van der Waals surface area (Å²) >= 11 is 0.